The molecule has 1 saturated heterocycles. The predicted molar refractivity (Wildman–Crippen MR) is 84.0 cm³/mol. The van der Waals surface area contributed by atoms with Crippen molar-refractivity contribution in [1.82, 2.24) is 20.0 Å². The van der Waals surface area contributed by atoms with Crippen molar-refractivity contribution in [2.75, 3.05) is 6.54 Å². The lowest BCUT2D eigenvalue weighted by atomic mass is 9.94. The van der Waals surface area contributed by atoms with Crippen LogP contribution in [0.5, 0.6) is 0 Å². The fourth-order valence-electron chi connectivity index (χ4n) is 3.07. The van der Waals surface area contributed by atoms with Crippen molar-refractivity contribution in [2.45, 2.75) is 58.5 Å². The number of rotatable bonds is 4. The van der Waals surface area contributed by atoms with E-state index >= 15 is 0 Å². The Labute approximate surface area is 127 Å². The third-order valence-electron chi connectivity index (χ3n) is 4.20. The lowest BCUT2D eigenvalue weighted by molar-refractivity contribution is 0.137. The summed E-state index contributed by atoms with van der Waals surface area (Å²) in [7, 11) is 1.89. The molecule has 118 valence electrons. The highest BCUT2D eigenvalue weighted by atomic mass is 16.2. The molecular weight excluding hydrogens is 264 g/mol. The van der Waals surface area contributed by atoms with E-state index in [2.05, 4.69) is 24.3 Å². The van der Waals surface area contributed by atoms with Gasteiger partial charge in [-0.3, -0.25) is 4.68 Å². The number of amides is 2. The van der Waals surface area contributed by atoms with E-state index in [-0.39, 0.29) is 12.1 Å². The Kier molecular flexibility index (Phi) is 5.26. The molecule has 1 aromatic heterocycles. The van der Waals surface area contributed by atoms with Crippen LogP contribution in [0.25, 0.3) is 0 Å². The molecule has 2 atom stereocenters. The van der Waals surface area contributed by atoms with E-state index in [1.165, 1.54) is 6.42 Å². The molecular formula is C16H28N4O. The minimum atomic E-state index is -0.00664. The molecule has 2 heterocycles. The van der Waals surface area contributed by atoms with E-state index in [0.717, 1.165) is 31.4 Å². The van der Waals surface area contributed by atoms with Crippen molar-refractivity contribution in [3.05, 3.63) is 18.0 Å². The molecule has 1 N–H and O–H groups in total. The maximum Gasteiger partial charge on any atom is 0.318 e. The van der Waals surface area contributed by atoms with Crippen LogP contribution in [0.4, 0.5) is 4.79 Å². The van der Waals surface area contributed by atoms with Gasteiger partial charge in [0, 0.05) is 31.4 Å². The van der Waals surface area contributed by atoms with Crippen LogP contribution in [0.2, 0.25) is 0 Å². The second-order valence-electron chi connectivity index (χ2n) is 6.59. The van der Waals surface area contributed by atoms with Crippen molar-refractivity contribution in [3.63, 3.8) is 0 Å². The number of piperidine rings is 1. The summed E-state index contributed by atoms with van der Waals surface area (Å²) in [5.74, 6) is 0.624. The van der Waals surface area contributed by atoms with Crippen LogP contribution >= 0.6 is 0 Å². The molecule has 0 spiro atoms. The maximum absolute atomic E-state index is 12.6. The van der Waals surface area contributed by atoms with Gasteiger partial charge in [-0.25, -0.2) is 4.79 Å². The first kappa shape index (κ1) is 15.9. The van der Waals surface area contributed by atoms with E-state index in [1.807, 2.05) is 31.3 Å². The summed E-state index contributed by atoms with van der Waals surface area (Å²) in [6, 6.07) is 0.448. The molecule has 1 aliphatic rings. The van der Waals surface area contributed by atoms with Crippen molar-refractivity contribution in [3.8, 4) is 0 Å². The largest absolute Gasteiger partial charge is 0.331 e. The van der Waals surface area contributed by atoms with E-state index in [1.54, 1.807) is 4.68 Å². The van der Waals surface area contributed by atoms with Gasteiger partial charge < -0.3 is 10.2 Å². The number of hydrogen-bond donors (Lipinski definition) is 1. The van der Waals surface area contributed by atoms with Crippen molar-refractivity contribution in [1.29, 1.82) is 0 Å². The van der Waals surface area contributed by atoms with Gasteiger partial charge in [0.1, 0.15) is 0 Å². The van der Waals surface area contributed by atoms with Crippen molar-refractivity contribution in [2.24, 2.45) is 13.0 Å². The third-order valence-corrected chi connectivity index (χ3v) is 4.20. The topological polar surface area (TPSA) is 50.2 Å². The average molecular weight is 292 g/mol. The van der Waals surface area contributed by atoms with Gasteiger partial charge in [-0.05, 0) is 38.5 Å². The summed E-state index contributed by atoms with van der Waals surface area (Å²) < 4.78 is 1.76. The number of nitrogens with zero attached hydrogens (tertiary/aromatic N) is 3. The number of nitrogens with one attached hydrogen (secondary N) is 1. The molecule has 1 aliphatic heterocycles. The highest BCUT2D eigenvalue weighted by Crippen LogP contribution is 2.23. The summed E-state index contributed by atoms with van der Waals surface area (Å²) in [5, 5.41) is 7.28. The third kappa shape index (κ3) is 4.22. The second-order valence-corrected chi connectivity index (χ2v) is 6.59. The number of likely N-dealkylation sites (tertiary alicyclic amines) is 1. The fraction of sp³-hybridized carbons (Fsp3) is 0.750. The molecule has 0 radical (unpaired) electrons. The molecule has 2 amide bonds. The molecule has 2 rings (SSSR count). The number of carbonyl (C=O) groups excluding carboxylic acids is 1. The van der Waals surface area contributed by atoms with Crippen molar-refractivity contribution < 1.29 is 4.79 Å². The monoisotopic (exact) mass is 292 g/mol. The first-order valence-electron chi connectivity index (χ1n) is 8.03. The Morgan fingerprint density at radius 1 is 1.43 bits per heavy atom. The van der Waals surface area contributed by atoms with Gasteiger partial charge in [0.05, 0.1) is 12.2 Å². The fourth-order valence-corrected chi connectivity index (χ4v) is 3.07. The van der Waals surface area contributed by atoms with Gasteiger partial charge in [-0.2, -0.15) is 5.10 Å². The number of carbonyl (C=O) groups is 1. The Hall–Kier alpha value is -1.52. The van der Waals surface area contributed by atoms with Gasteiger partial charge in [0.25, 0.3) is 0 Å². The van der Waals surface area contributed by atoms with E-state index < -0.39 is 0 Å². The normalized spacial score (nSPS) is 20.6. The Balaban J connectivity index is 1.96. The zero-order valence-electron chi connectivity index (χ0n) is 13.7. The van der Waals surface area contributed by atoms with Gasteiger partial charge in [-0.1, -0.05) is 13.8 Å². The molecule has 0 saturated carbocycles. The summed E-state index contributed by atoms with van der Waals surface area (Å²) in [4.78, 5) is 14.6. The lowest BCUT2D eigenvalue weighted by Gasteiger charge is -2.37. The standard InChI is InChI=1S/C16H28N4O/c1-12(2)9-15-7-5-6-8-20(15)16(21)18-13(3)14-10-17-19(4)11-14/h10-13,15H,5-9H2,1-4H3,(H,18,21). The minimum Gasteiger partial charge on any atom is -0.331 e. The summed E-state index contributed by atoms with van der Waals surface area (Å²) in [6.07, 6.45) is 8.34. The predicted octanol–water partition coefficient (Wildman–Crippen LogP) is 3.09. The lowest BCUT2D eigenvalue weighted by Crippen LogP contribution is -2.49. The molecule has 5 heteroatoms. The van der Waals surface area contributed by atoms with Gasteiger partial charge in [-0.15, -0.1) is 0 Å². The van der Waals surface area contributed by atoms with E-state index in [0.29, 0.717) is 12.0 Å². The van der Waals surface area contributed by atoms with Crippen LogP contribution in [-0.4, -0.2) is 33.3 Å². The van der Waals surface area contributed by atoms with Crippen LogP contribution in [0.1, 0.15) is 58.1 Å². The molecule has 1 aromatic rings. The summed E-state index contributed by atoms with van der Waals surface area (Å²) in [6.45, 7) is 7.34. The van der Waals surface area contributed by atoms with E-state index in [4.69, 9.17) is 0 Å². The number of hydrogen-bond acceptors (Lipinski definition) is 2. The highest BCUT2D eigenvalue weighted by molar-refractivity contribution is 5.75. The van der Waals surface area contributed by atoms with Crippen LogP contribution in [0.3, 0.4) is 0 Å². The van der Waals surface area contributed by atoms with Crippen LogP contribution in [0.15, 0.2) is 12.4 Å². The van der Waals surface area contributed by atoms with E-state index in [9.17, 15) is 4.79 Å². The van der Waals surface area contributed by atoms with Crippen LogP contribution < -0.4 is 5.32 Å². The molecule has 5 nitrogen and oxygen atoms in total. The molecule has 1 fully saturated rings. The Morgan fingerprint density at radius 3 is 2.81 bits per heavy atom. The number of aryl methyl sites for hydroxylation is 1. The van der Waals surface area contributed by atoms with Gasteiger partial charge in [0.15, 0.2) is 0 Å². The Bertz CT molecular complexity index is 469. The van der Waals surface area contributed by atoms with Gasteiger partial charge in [0.2, 0.25) is 0 Å². The first-order valence-corrected chi connectivity index (χ1v) is 8.03. The number of urea groups is 1. The quantitative estimate of drug-likeness (QED) is 0.927. The van der Waals surface area contributed by atoms with Gasteiger partial charge >= 0.3 is 6.03 Å². The second kappa shape index (κ2) is 6.96. The molecule has 2 unspecified atom stereocenters. The SMILES string of the molecule is CC(C)CC1CCCCN1C(=O)NC(C)c1cnn(C)c1. The van der Waals surface area contributed by atoms with Crippen LogP contribution in [0, 0.1) is 5.92 Å². The highest BCUT2D eigenvalue weighted by Gasteiger charge is 2.28. The summed E-state index contributed by atoms with van der Waals surface area (Å²) in [5.41, 5.74) is 1.04. The maximum atomic E-state index is 12.6. The molecule has 0 aromatic carbocycles. The smallest absolute Gasteiger partial charge is 0.318 e. The average Bonchev–Trinajstić information content (AvgIpc) is 2.85. The number of aromatic nitrogens is 2. The first-order chi connectivity index (χ1) is 9.97. The van der Waals surface area contributed by atoms with Crippen molar-refractivity contribution >= 4 is 6.03 Å². The molecule has 0 aliphatic carbocycles. The minimum absolute atomic E-state index is 0.00664. The zero-order chi connectivity index (χ0) is 15.4. The summed E-state index contributed by atoms with van der Waals surface area (Å²) >= 11 is 0. The molecule has 21 heavy (non-hydrogen) atoms. The zero-order valence-corrected chi connectivity index (χ0v) is 13.7. The Morgan fingerprint density at radius 2 is 2.19 bits per heavy atom. The van der Waals surface area contributed by atoms with Crippen LogP contribution in [-0.2, 0) is 7.05 Å². The molecule has 0 bridgehead atoms.